The zero-order chi connectivity index (χ0) is 17.9. The molecule has 2 aliphatic heterocycles. The van der Waals surface area contributed by atoms with Crippen LogP contribution in [0.2, 0.25) is 0 Å². The number of rotatable bonds is 1. The second kappa shape index (κ2) is 5.42. The molecular weight excluding hydrogens is 347 g/mol. The van der Waals surface area contributed by atoms with Crippen molar-refractivity contribution in [2.24, 2.45) is 0 Å². The Kier molecular flexibility index (Phi) is 3.25. The van der Waals surface area contributed by atoms with Crippen LogP contribution in [0, 0.1) is 5.82 Å². The minimum absolute atomic E-state index is 0.0825. The standard InChI is InChI=1S/C21H17FN2OS/c1-21-12-17(23-20(26)24(21)15-9-7-14(22)8-10-15)19-16-5-3-2-4-13(16)6-11-18(19)25-21/h2-11,17H,12H2,1H3,(H,23,26). The number of hydrogen-bond acceptors (Lipinski definition) is 2. The highest BCUT2D eigenvalue weighted by Crippen LogP contribution is 2.47. The Balaban J connectivity index is 1.65. The molecule has 1 N–H and O–H groups in total. The van der Waals surface area contributed by atoms with E-state index < -0.39 is 5.72 Å². The van der Waals surface area contributed by atoms with Gasteiger partial charge in [-0.2, -0.15) is 0 Å². The van der Waals surface area contributed by atoms with Gasteiger partial charge in [-0.3, -0.25) is 4.90 Å². The first kappa shape index (κ1) is 15.6. The maximum Gasteiger partial charge on any atom is 0.188 e. The van der Waals surface area contributed by atoms with Crippen LogP contribution in [-0.4, -0.2) is 10.8 Å². The third-order valence-corrected chi connectivity index (χ3v) is 5.55. The summed E-state index contributed by atoms with van der Waals surface area (Å²) in [6.07, 6.45) is 0.742. The summed E-state index contributed by atoms with van der Waals surface area (Å²) in [6, 6.07) is 18.9. The molecule has 1 fully saturated rings. The zero-order valence-electron chi connectivity index (χ0n) is 14.2. The highest BCUT2D eigenvalue weighted by atomic mass is 32.1. The van der Waals surface area contributed by atoms with E-state index in [-0.39, 0.29) is 11.9 Å². The minimum Gasteiger partial charge on any atom is -0.467 e. The molecule has 2 unspecified atom stereocenters. The molecule has 2 bridgehead atoms. The van der Waals surface area contributed by atoms with Crippen LogP contribution in [0.25, 0.3) is 10.8 Å². The number of halogens is 1. The van der Waals surface area contributed by atoms with Crippen LogP contribution >= 0.6 is 12.2 Å². The van der Waals surface area contributed by atoms with Crippen LogP contribution in [0.5, 0.6) is 5.75 Å². The molecule has 2 atom stereocenters. The predicted molar refractivity (Wildman–Crippen MR) is 105 cm³/mol. The average Bonchev–Trinajstić information content (AvgIpc) is 2.62. The van der Waals surface area contributed by atoms with Gasteiger partial charge in [0.15, 0.2) is 10.8 Å². The molecule has 5 heteroatoms. The molecule has 0 spiro atoms. The van der Waals surface area contributed by atoms with E-state index in [0.29, 0.717) is 5.11 Å². The van der Waals surface area contributed by atoms with Gasteiger partial charge < -0.3 is 10.1 Å². The molecule has 3 aromatic carbocycles. The van der Waals surface area contributed by atoms with Gasteiger partial charge in [0, 0.05) is 17.7 Å². The molecular formula is C21H17FN2OS. The smallest absolute Gasteiger partial charge is 0.188 e. The van der Waals surface area contributed by atoms with Gasteiger partial charge in [-0.1, -0.05) is 30.3 Å². The van der Waals surface area contributed by atoms with Crippen molar-refractivity contribution in [3.8, 4) is 5.75 Å². The molecule has 0 aliphatic carbocycles. The van der Waals surface area contributed by atoms with Gasteiger partial charge in [0.1, 0.15) is 11.6 Å². The largest absolute Gasteiger partial charge is 0.467 e. The number of nitrogens with zero attached hydrogens (tertiary/aromatic N) is 1. The zero-order valence-corrected chi connectivity index (χ0v) is 15.0. The van der Waals surface area contributed by atoms with Crippen LogP contribution in [0.4, 0.5) is 10.1 Å². The molecule has 26 heavy (non-hydrogen) atoms. The molecule has 2 heterocycles. The lowest BCUT2D eigenvalue weighted by atomic mass is 9.87. The van der Waals surface area contributed by atoms with E-state index >= 15 is 0 Å². The fourth-order valence-corrected chi connectivity index (χ4v) is 4.59. The molecule has 5 rings (SSSR count). The number of anilines is 1. The maximum atomic E-state index is 13.3. The molecule has 3 aromatic rings. The highest BCUT2D eigenvalue weighted by Gasteiger charge is 2.48. The molecule has 2 aliphatic rings. The Morgan fingerprint density at radius 3 is 2.69 bits per heavy atom. The van der Waals surface area contributed by atoms with Crippen LogP contribution in [-0.2, 0) is 0 Å². The first-order valence-corrected chi connectivity index (χ1v) is 9.03. The van der Waals surface area contributed by atoms with Gasteiger partial charge in [-0.05, 0) is 60.2 Å². The number of hydrogen-bond donors (Lipinski definition) is 1. The second-order valence-corrected chi connectivity index (χ2v) is 7.38. The Bertz CT molecular complexity index is 1040. The third kappa shape index (κ3) is 2.20. The molecule has 0 amide bonds. The Morgan fingerprint density at radius 1 is 1.12 bits per heavy atom. The maximum absolute atomic E-state index is 13.3. The quantitative estimate of drug-likeness (QED) is 0.620. The average molecular weight is 364 g/mol. The second-order valence-electron chi connectivity index (χ2n) is 6.99. The molecule has 0 radical (unpaired) electrons. The Hall–Kier alpha value is -2.66. The SMILES string of the molecule is CC12CC(NC(=S)N1c1ccc(F)cc1)c1c(ccc3ccccc13)O2. The van der Waals surface area contributed by atoms with Gasteiger partial charge in [0.25, 0.3) is 0 Å². The summed E-state index contributed by atoms with van der Waals surface area (Å²) in [4.78, 5) is 1.94. The van der Waals surface area contributed by atoms with E-state index in [4.69, 9.17) is 17.0 Å². The van der Waals surface area contributed by atoms with Gasteiger partial charge in [-0.15, -0.1) is 0 Å². The molecule has 0 aromatic heterocycles. The highest BCUT2D eigenvalue weighted by molar-refractivity contribution is 7.80. The van der Waals surface area contributed by atoms with E-state index in [9.17, 15) is 4.39 Å². The Morgan fingerprint density at radius 2 is 1.88 bits per heavy atom. The number of ether oxygens (including phenoxy) is 1. The summed E-state index contributed by atoms with van der Waals surface area (Å²) < 4.78 is 19.8. The van der Waals surface area contributed by atoms with Gasteiger partial charge in [-0.25, -0.2) is 4.39 Å². The minimum atomic E-state index is -0.625. The topological polar surface area (TPSA) is 24.5 Å². The lowest BCUT2D eigenvalue weighted by Crippen LogP contribution is -2.65. The van der Waals surface area contributed by atoms with Gasteiger partial charge >= 0.3 is 0 Å². The molecule has 3 nitrogen and oxygen atoms in total. The van der Waals surface area contributed by atoms with Crippen LogP contribution in [0.15, 0.2) is 60.7 Å². The van der Waals surface area contributed by atoms with Crippen molar-refractivity contribution in [2.45, 2.75) is 25.1 Å². The van der Waals surface area contributed by atoms with Gasteiger partial charge in [0.05, 0.1) is 6.04 Å². The van der Waals surface area contributed by atoms with Crippen molar-refractivity contribution in [3.63, 3.8) is 0 Å². The number of fused-ring (bicyclic) bond motifs is 6. The van der Waals surface area contributed by atoms with E-state index in [2.05, 4.69) is 23.5 Å². The molecule has 0 saturated carbocycles. The van der Waals surface area contributed by atoms with Crippen LogP contribution in [0.3, 0.4) is 0 Å². The summed E-state index contributed by atoms with van der Waals surface area (Å²) in [7, 11) is 0. The monoisotopic (exact) mass is 364 g/mol. The van der Waals surface area contributed by atoms with Crippen molar-refractivity contribution in [1.29, 1.82) is 0 Å². The van der Waals surface area contributed by atoms with Crippen molar-refractivity contribution in [3.05, 3.63) is 72.0 Å². The summed E-state index contributed by atoms with van der Waals surface area (Å²) in [5.74, 6) is 0.596. The molecule has 130 valence electrons. The van der Waals surface area contributed by atoms with Crippen molar-refractivity contribution in [1.82, 2.24) is 5.32 Å². The van der Waals surface area contributed by atoms with E-state index in [1.807, 2.05) is 30.0 Å². The van der Waals surface area contributed by atoms with Crippen LogP contribution in [0.1, 0.15) is 24.9 Å². The van der Waals surface area contributed by atoms with Gasteiger partial charge in [0.2, 0.25) is 0 Å². The predicted octanol–water partition coefficient (Wildman–Crippen LogP) is 4.91. The first-order valence-electron chi connectivity index (χ1n) is 8.62. The molecule has 1 saturated heterocycles. The summed E-state index contributed by atoms with van der Waals surface area (Å²) in [6.45, 7) is 2.04. The summed E-state index contributed by atoms with van der Waals surface area (Å²) in [5, 5.41) is 6.43. The summed E-state index contributed by atoms with van der Waals surface area (Å²) in [5.41, 5.74) is 1.34. The Labute approximate surface area is 156 Å². The lowest BCUT2D eigenvalue weighted by molar-refractivity contribution is 0.0505. The van der Waals surface area contributed by atoms with Crippen molar-refractivity contribution >= 4 is 33.8 Å². The van der Waals surface area contributed by atoms with E-state index in [1.165, 1.54) is 22.9 Å². The van der Waals surface area contributed by atoms with E-state index in [1.54, 1.807) is 12.1 Å². The third-order valence-electron chi connectivity index (χ3n) is 5.25. The fraction of sp³-hybridized carbons (Fsp3) is 0.190. The van der Waals surface area contributed by atoms with Crippen molar-refractivity contribution in [2.75, 3.05) is 4.90 Å². The normalized spacial score (nSPS) is 24.0. The van der Waals surface area contributed by atoms with Crippen molar-refractivity contribution < 1.29 is 9.13 Å². The number of nitrogens with one attached hydrogen (secondary N) is 1. The fourth-order valence-electron chi connectivity index (χ4n) is 4.15. The van der Waals surface area contributed by atoms with E-state index in [0.717, 1.165) is 23.4 Å². The number of benzene rings is 3. The summed E-state index contributed by atoms with van der Waals surface area (Å²) >= 11 is 5.66. The first-order chi connectivity index (χ1) is 12.5. The lowest BCUT2D eigenvalue weighted by Gasteiger charge is -2.52. The van der Waals surface area contributed by atoms with Crippen LogP contribution < -0.4 is 15.0 Å². The number of thiocarbonyl (C=S) groups is 1.